The monoisotopic (exact) mass is 235 g/mol. The smallest absolute Gasteiger partial charge is 0.312 e. The molecule has 0 heterocycles. The van der Waals surface area contributed by atoms with Gasteiger partial charge in [0.05, 0.1) is 0 Å². The lowest BCUT2D eigenvalue weighted by atomic mass is 10.1. The van der Waals surface area contributed by atoms with E-state index < -0.39 is 17.7 Å². The zero-order valence-corrected chi connectivity index (χ0v) is 7.85. The number of hydrogen-bond donors (Lipinski definition) is 0. The third kappa shape index (κ3) is 2.30. The SMILES string of the molecule is [C-]#[N+]Cc1ccc(C(F)(F)C(F)(F)F)cc1. The molecular weight excluding hydrogens is 229 g/mol. The largest absolute Gasteiger partial charge is 0.458 e. The molecule has 0 aromatic heterocycles. The maximum Gasteiger partial charge on any atom is 0.458 e. The van der Waals surface area contributed by atoms with Crippen LogP contribution in [-0.4, -0.2) is 6.18 Å². The van der Waals surface area contributed by atoms with Gasteiger partial charge in [-0.05, 0) is 0 Å². The number of halogens is 5. The zero-order chi connectivity index (χ0) is 12.4. The molecule has 86 valence electrons. The Morgan fingerprint density at radius 1 is 1.00 bits per heavy atom. The second-order valence-corrected chi connectivity index (χ2v) is 3.09. The number of alkyl halides is 5. The van der Waals surface area contributed by atoms with Gasteiger partial charge in [-0.25, -0.2) is 6.57 Å². The minimum Gasteiger partial charge on any atom is -0.312 e. The van der Waals surface area contributed by atoms with E-state index in [9.17, 15) is 22.0 Å². The zero-order valence-electron chi connectivity index (χ0n) is 7.85. The maximum atomic E-state index is 12.8. The highest BCUT2D eigenvalue weighted by Gasteiger charge is 2.58. The molecular formula is C10H6F5N. The first kappa shape index (κ1) is 12.4. The quantitative estimate of drug-likeness (QED) is 0.543. The molecule has 1 aromatic carbocycles. The number of rotatable bonds is 2. The normalized spacial score (nSPS) is 12.2. The topological polar surface area (TPSA) is 4.36 Å². The van der Waals surface area contributed by atoms with Crippen molar-refractivity contribution in [1.82, 2.24) is 0 Å². The van der Waals surface area contributed by atoms with Crippen molar-refractivity contribution in [2.24, 2.45) is 0 Å². The molecule has 0 saturated heterocycles. The van der Waals surface area contributed by atoms with Gasteiger partial charge >= 0.3 is 12.1 Å². The average molecular weight is 235 g/mol. The molecule has 0 N–H and O–H groups in total. The molecule has 1 nitrogen and oxygen atoms in total. The first-order valence-electron chi connectivity index (χ1n) is 4.16. The van der Waals surface area contributed by atoms with Crippen LogP contribution in [0, 0.1) is 6.57 Å². The molecule has 0 radical (unpaired) electrons. The van der Waals surface area contributed by atoms with Crippen molar-refractivity contribution in [1.29, 1.82) is 0 Å². The Labute approximate surface area is 88.3 Å². The predicted molar refractivity (Wildman–Crippen MR) is 46.7 cm³/mol. The second kappa shape index (κ2) is 4.08. The van der Waals surface area contributed by atoms with E-state index in [0.717, 1.165) is 12.1 Å². The van der Waals surface area contributed by atoms with Crippen molar-refractivity contribution in [3.8, 4) is 0 Å². The van der Waals surface area contributed by atoms with Crippen molar-refractivity contribution < 1.29 is 22.0 Å². The lowest BCUT2D eigenvalue weighted by Gasteiger charge is -2.19. The van der Waals surface area contributed by atoms with Crippen LogP contribution >= 0.6 is 0 Å². The molecule has 6 heteroatoms. The van der Waals surface area contributed by atoms with Crippen LogP contribution in [0.3, 0.4) is 0 Å². The highest BCUT2D eigenvalue weighted by Crippen LogP contribution is 2.43. The average Bonchev–Trinajstić information content (AvgIpc) is 2.17. The Bertz CT molecular complexity index is 399. The molecule has 16 heavy (non-hydrogen) atoms. The van der Waals surface area contributed by atoms with E-state index in [1.54, 1.807) is 0 Å². The molecule has 0 amide bonds. The Morgan fingerprint density at radius 3 is 1.88 bits per heavy atom. The van der Waals surface area contributed by atoms with Gasteiger partial charge in [0, 0.05) is 11.1 Å². The molecule has 1 rings (SSSR count). The third-order valence-electron chi connectivity index (χ3n) is 1.93. The number of nitrogens with zero attached hydrogens (tertiary/aromatic N) is 1. The van der Waals surface area contributed by atoms with E-state index in [1.807, 2.05) is 0 Å². The van der Waals surface area contributed by atoms with Gasteiger partial charge < -0.3 is 4.85 Å². The highest BCUT2D eigenvalue weighted by molar-refractivity contribution is 5.27. The summed E-state index contributed by atoms with van der Waals surface area (Å²) in [6.07, 6.45) is -5.60. The lowest BCUT2D eigenvalue weighted by Crippen LogP contribution is -2.33. The van der Waals surface area contributed by atoms with Crippen LogP contribution < -0.4 is 0 Å². The lowest BCUT2D eigenvalue weighted by molar-refractivity contribution is -0.289. The Kier molecular flexibility index (Phi) is 3.17. The van der Waals surface area contributed by atoms with Gasteiger partial charge in [-0.1, -0.05) is 24.3 Å². The van der Waals surface area contributed by atoms with Crippen molar-refractivity contribution >= 4 is 0 Å². The summed E-state index contributed by atoms with van der Waals surface area (Å²) < 4.78 is 61.5. The van der Waals surface area contributed by atoms with Gasteiger partial charge in [-0.15, -0.1) is 0 Å². The first-order valence-corrected chi connectivity index (χ1v) is 4.16. The standard InChI is InChI=1S/C10H6F5N/c1-16-6-7-2-4-8(5-3-7)9(11,12)10(13,14)15/h2-5H,6H2. The van der Waals surface area contributed by atoms with Gasteiger partial charge in [0.15, 0.2) is 0 Å². The fourth-order valence-electron chi connectivity index (χ4n) is 1.07. The van der Waals surface area contributed by atoms with Crippen LogP contribution in [0.25, 0.3) is 4.85 Å². The van der Waals surface area contributed by atoms with Crippen LogP contribution in [0.2, 0.25) is 0 Å². The molecule has 0 saturated carbocycles. The van der Waals surface area contributed by atoms with Gasteiger partial charge in [0.1, 0.15) is 0 Å². The van der Waals surface area contributed by atoms with E-state index >= 15 is 0 Å². The molecule has 1 aromatic rings. The summed E-state index contributed by atoms with van der Waals surface area (Å²) in [6, 6.07) is 3.56. The second-order valence-electron chi connectivity index (χ2n) is 3.09. The Balaban J connectivity index is 3.03. The minimum absolute atomic E-state index is 0.0438. The Morgan fingerprint density at radius 2 is 1.50 bits per heavy atom. The summed E-state index contributed by atoms with van der Waals surface area (Å²) in [6.45, 7) is 6.47. The summed E-state index contributed by atoms with van der Waals surface area (Å²) in [5.41, 5.74) is -0.717. The van der Waals surface area contributed by atoms with Crippen LogP contribution in [0.15, 0.2) is 24.3 Å². The molecule has 0 aliphatic rings. The molecule has 0 unspecified atom stereocenters. The number of hydrogen-bond acceptors (Lipinski definition) is 0. The summed E-state index contributed by atoms with van der Waals surface area (Å²) in [7, 11) is 0. The first-order chi connectivity index (χ1) is 7.29. The summed E-state index contributed by atoms with van der Waals surface area (Å²) in [5.74, 6) is -4.86. The maximum absolute atomic E-state index is 12.8. The van der Waals surface area contributed by atoms with E-state index in [0.29, 0.717) is 17.7 Å². The third-order valence-corrected chi connectivity index (χ3v) is 1.93. The van der Waals surface area contributed by atoms with E-state index in [1.165, 1.54) is 0 Å². The van der Waals surface area contributed by atoms with Crippen molar-refractivity contribution in [3.63, 3.8) is 0 Å². The van der Waals surface area contributed by atoms with Crippen LogP contribution in [0.1, 0.15) is 11.1 Å². The fraction of sp³-hybridized carbons (Fsp3) is 0.300. The predicted octanol–water partition coefficient (Wildman–Crippen LogP) is 3.76. The van der Waals surface area contributed by atoms with Crippen molar-refractivity contribution in [2.45, 2.75) is 18.6 Å². The number of benzene rings is 1. The van der Waals surface area contributed by atoms with Gasteiger partial charge in [0.2, 0.25) is 6.54 Å². The molecule has 0 aliphatic carbocycles. The van der Waals surface area contributed by atoms with Gasteiger partial charge in [0.25, 0.3) is 0 Å². The minimum atomic E-state index is -5.60. The summed E-state index contributed by atoms with van der Waals surface area (Å²) >= 11 is 0. The van der Waals surface area contributed by atoms with E-state index in [4.69, 9.17) is 6.57 Å². The van der Waals surface area contributed by atoms with Crippen LogP contribution in [-0.2, 0) is 12.5 Å². The molecule has 0 bridgehead atoms. The fourth-order valence-corrected chi connectivity index (χ4v) is 1.07. The van der Waals surface area contributed by atoms with Gasteiger partial charge in [-0.3, -0.25) is 0 Å². The Hall–Kier alpha value is -1.64. The van der Waals surface area contributed by atoms with Crippen molar-refractivity contribution in [2.75, 3.05) is 0 Å². The molecule has 0 fully saturated rings. The van der Waals surface area contributed by atoms with E-state index in [-0.39, 0.29) is 6.54 Å². The summed E-state index contributed by atoms with van der Waals surface area (Å²) in [5, 5.41) is 0. The van der Waals surface area contributed by atoms with Crippen LogP contribution in [0.5, 0.6) is 0 Å². The molecule has 0 aliphatic heterocycles. The van der Waals surface area contributed by atoms with Gasteiger partial charge in [-0.2, -0.15) is 22.0 Å². The van der Waals surface area contributed by atoms with Crippen LogP contribution in [0.4, 0.5) is 22.0 Å². The summed E-state index contributed by atoms with van der Waals surface area (Å²) in [4.78, 5) is 2.99. The molecule has 0 atom stereocenters. The highest BCUT2D eigenvalue weighted by atomic mass is 19.4. The molecule has 0 spiro atoms. The van der Waals surface area contributed by atoms with E-state index in [2.05, 4.69) is 4.85 Å². The van der Waals surface area contributed by atoms with Crippen molar-refractivity contribution in [3.05, 3.63) is 46.8 Å².